The maximum absolute atomic E-state index is 13.4. The molecule has 212 valence electrons. The first-order valence-corrected chi connectivity index (χ1v) is 12.7. The van der Waals surface area contributed by atoms with Crippen molar-refractivity contribution in [1.82, 2.24) is 24.6 Å². The maximum Gasteiger partial charge on any atom is 0.276 e. The van der Waals surface area contributed by atoms with E-state index >= 15 is 0 Å². The number of fused-ring (bicyclic) bond motifs is 2. The van der Waals surface area contributed by atoms with Gasteiger partial charge in [-0.3, -0.25) is 9.78 Å². The molecule has 0 aliphatic carbocycles. The first-order valence-electron chi connectivity index (χ1n) is 12.7. The Morgan fingerprint density at radius 3 is 2.41 bits per heavy atom. The summed E-state index contributed by atoms with van der Waals surface area (Å²) in [6.07, 6.45) is 4.50. The number of rotatable bonds is 4. The normalized spacial score (nSPS) is 14.2. The minimum atomic E-state index is -0.104. The Balaban J connectivity index is 0.00000178. The number of nitrogens with one attached hydrogen (secondary N) is 2. The molecule has 0 saturated carbocycles. The van der Waals surface area contributed by atoms with Gasteiger partial charge in [0.15, 0.2) is 0 Å². The van der Waals surface area contributed by atoms with Gasteiger partial charge in [0.05, 0.1) is 16.6 Å². The fraction of sp³-hybridized carbons (Fsp3) is 0.414. The molecule has 7 nitrogen and oxygen atoms in total. The minimum absolute atomic E-state index is 0. The Morgan fingerprint density at radius 2 is 1.74 bits per heavy atom. The van der Waals surface area contributed by atoms with Gasteiger partial charge in [-0.25, -0.2) is 14.3 Å². The number of halogens is 3. The standard InChI is InChI=1S/C29H36N6O.3ClH/c1-18(2)34-27(36)22-17-31-26(33-20-8-9-23-19(14-20)10-13-32-29(23,6)7)16-24(22)35(34)21-11-12-30-25(15-21)28(3,4)5;;;/h8-9,11-12,14-18,32H,10,13H2,1-7H3,(H,31,33);3*1H. The molecule has 0 spiro atoms. The highest BCUT2D eigenvalue weighted by molar-refractivity contribution is 5.86. The van der Waals surface area contributed by atoms with Gasteiger partial charge in [-0.15, -0.1) is 37.2 Å². The molecule has 5 rings (SSSR count). The molecule has 0 fully saturated rings. The van der Waals surface area contributed by atoms with E-state index < -0.39 is 0 Å². The Hall–Kier alpha value is -2.58. The molecule has 2 N–H and O–H groups in total. The van der Waals surface area contributed by atoms with Crippen molar-refractivity contribution in [2.24, 2.45) is 0 Å². The molecule has 0 saturated heterocycles. The molecular weight excluding hydrogens is 555 g/mol. The van der Waals surface area contributed by atoms with E-state index in [4.69, 9.17) is 0 Å². The Morgan fingerprint density at radius 1 is 1.03 bits per heavy atom. The third-order valence-corrected chi connectivity index (χ3v) is 7.02. The fourth-order valence-corrected chi connectivity index (χ4v) is 5.11. The van der Waals surface area contributed by atoms with Crippen LogP contribution in [0.3, 0.4) is 0 Å². The summed E-state index contributed by atoms with van der Waals surface area (Å²) < 4.78 is 3.80. The largest absolute Gasteiger partial charge is 0.340 e. The van der Waals surface area contributed by atoms with Gasteiger partial charge >= 0.3 is 0 Å². The molecule has 4 heterocycles. The predicted octanol–water partition coefficient (Wildman–Crippen LogP) is 6.85. The molecule has 1 aliphatic heterocycles. The number of anilines is 2. The van der Waals surface area contributed by atoms with Crippen molar-refractivity contribution in [2.75, 3.05) is 11.9 Å². The lowest BCUT2D eigenvalue weighted by Crippen LogP contribution is -2.42. The van der Waals surface area contributed by atoms with Crippen LogP contribution in [0, 0.1) is 0 Å². The van der Waals surface area contributed by atoms with Gasteiger partial charge in [0.2, 0.25) is 0 Å². The van der Waals surface area contributed by atoms with E-state index in [0.29, 0.717) is 11.2 Å². The number of hydrogen-bond donors (Lipinski definition) is 2. The van der Waals surface area contributed by atoms with Crippen LogP contribution in [0.25, 0.3) is 16.6 Å². The Bertz CT molecular complexity index is 1520. The fourth-order valence-electron chi connectivity index (χ4n) is 5.11. The molecule has 0 amide bonds. The zero-order chi connectivity index (χ0) is 25.8. The molecule has 3 aromatic heterocycles. The lowest BCUT2D eigenvalue weighted by molar-refractivity contribution is 0.382. The van der Waals surface area contributed by atoms with Crippen LogP contribution in [0.2, 0.25) is 0 Å². The highest BCUT2D eigenvalue weighted by Crippen LogP contribution is 2.31. The highest BCUT2D eigenvalue weighted by Gasteiger charge is 2.27. The molecule has 1 aliphatic rings. The van der Waals surface area contributed by atoms with E-state index in [9.17, 15) is 4.79 Å². The predicted molar refractivity (Wildman–Crippen MR) is 168 cm³/mol. The third-order valence-electron chi connectivity index (χ3n) is 7.02. The summed E-state index contributed by atoms with van der Waals surface area (Å²) in [5.74, 6) is 0.704. The van der Waals surface area contributed by atoms with Crippen molar-refractivity contribution < 1.29 is 0 Å². The van der Waals surface area contributed by atoms with Gasteiger partial charge in [-0.05, 0) is 76.1 Å². The molecular formula is C29H39Cl3N6O. The van der Waals surface area contributed by atoms with E-state index in [-0.39, 0.29) is 59.8 Å². The van der Waals surface area contributed by atoms with Crippen LogP contribution < -0.4 is 16.2 Å². The monoisotopic (exact) mass is 592 g/mol. The van der Waals surface area contributed by atoms with Crippen LogP contribution >= 0.6 is 37.2 Å². The molecule has 0 radical (unpaired) electrons. The third kappa shape index (κ3) is 6.12. The summed E-state index contributed by atoms with van der Waals surface area (Å²) in [5.41, 5.74) is 6.20. The van der Waals surface area contributed by atoms with Crippen LogP contribution in [0.15, 0.2) is 53.6 Å². The SMILES string of the molecule is CC(C)n1c(=O)c2cnc(Nc3ccc4c(c3)CCNC4(C)C)cc2n1-c1ccnc(C(C)(C)C)c1.Cl.Cl.Cl. The quantitative estimate of drug-likeness (QED) is 0.271. The van der Waals surface area contributed by atoms with Gasteiger partial charge in [0, 0.05) is 46.8 Å². The van der Waals surface area contributed by atoms with Crippen LogP contribution in [0.5, 0.6) is 0 Å². The zero-order valence-electron chi connectivity index (χ0n) is 23.5. The second kappa shape index (κ2) is 11.9. The van der Waals surface area contributed by atoms with Gasteiger partial charge < -0.3 is 10.6 Å². The number of pyridine rings is 2. The second-order valence-electron chi connectivity index (χ2n) is 11.6. The zero-order valence-corrected chi connectivity index (χ0v) is 26.0. The minimum Gasteiger partial charge on any atom is -0.340 e. The molecule has 39 heavy (non-hydrogen) atoms. The van der Waals surface area contributed by atoms with Gasteiger partial charge in [-0.2, -0.15) is 0 Å². The summed E-state index contributed by atoms with van der Waals surface area (Å²) in [6.45, 7) is 15.9. The van der Waals surface area contributed by atoms with Gasteiger partial charge in [0.25, 0.3) is 5.56 Å². The summed E-state index contributed by atoms with van der Waals surface area (Å²) in [6, 6.07) is 12.5. The topological polar surface area (TPSA) is 76.8 Å². The summed E-state index contributed by atoms with van der Waals surface area (Å²) >= 11 is 0. The van der Waals surface area contributed by atoms with Gasteiger partial charge in [0.1, 0.15) is 5.82 Å². The molecule has 1 aromatic carbocycles. The number of aromatic nitrogens is 4. The van der Waals surface area contributed by atoms with E-state index in [1.807, 2.05) is 36.9 Å². The van der Waals surface area contributed by atoms with Crippen molar-refractivity contribution in [2.45, 2.75) is 71.9 Å². The lowest BCUT2D eigenvalue weighted by atomic mass is 9.85. The van der Waals surface area contributed by atoms with Crippen LogP contribution in [0.1, 0.15) is 71.3 Å². The van der Waals surface area contributed by atoms with E-state index in [2.05, 4.69) is 79.5 Å². The number of hydrogen-bond acceptors (Lipinski definition) is 5. The van der Waals surface area contributed by atoms with Crippen LogP contribution in [-0.2, 0) is 17.4 Å². The van der Waals surface area contributed by atoms with E-state index in [0.717, 1.165) is 35.6 Å². The summed E-state index contributed by atoms with van der Waals surface area (Å²) in [7, 11) is 0. The van der Waals surface area contributed by atoms with Gasteiger partial charge in [-0.1, -0.05) is 26.8 Å². The van der Waals surface area contributed by atoms with E-state index in [1.54, 1.807) is 10.9 Å². The summed E-state index contributed by atoms with van der Waals surface area (Å²) in [5, 5.41) is 7.66. The highest BCUT2D eigenvalue weighted by atomic mass is 35.5. The molecule has 0 bridgehead atoms. The van der Waals surface area contributed by atoms with Crippen LogP contribution in [-0.4, -0.2) is 25.9 Å². The first kappa shape index (κ1) is 32.6. The van der Waals surface area contributed by atoms with Crippen molar-refractivity contribution in [3.63, 3.8) is 0 Å². The molecule has 4 aromatic rings. The smallest absolute Gasteiger partial charge is 0.276 e. The molecule has 0 atom stereocenters. The Kier molecular flexibility index (Phi) is 9.94. The van der Waals surface area contributed by atoms with Crippen molar-refractivity contribution in [3.8, 4) is 5.69 Å². The summed E-state index contributed by atoms with van der Waals surface area (Å²) in [4.78, 5) is 22.6. The lowest BCUT2D eigenvalue weighted by Gasteiger charge is -2.34. The number of nitrogens with zero attached hydrogens (tertiary/aromatic N) is 4. The Labute approximate surface area is 249 Å². The number of benzene rings is 1. The maximum atomic E-state index is 13.4. The van der Waals surface area contributed by atoms with E-state index in [1.165, 1.54) is 11.1 Å². The first-order chi connectivity index (χ1) is 17.0. The molecule has 0 unspecified atom stereocenters. The average molecular weight is 594 g/mol. The molecule has 10 heteroatoms. The average Bonchev–Trinajstić information content (AvgIpc) is 3.10. The van der Waals surface area contributed by atoms with Crippen molar-refractivity contribution in [3.05, 3.63) is 76.0 Å². The van der Waals surface area contributed by atoms with Crippen molar-refractivity contribution >= 4 is 59.6 Å². The van der Waals surface area contributed by atoms with Crippen LogP contribution in [0.4, 0.5) is 11.5 Å². The second-order valence-corrected chi connectivity index (χ2v) is 11.6. The van der Waals surface area contributed by atoms with Crippen molar-refractivity contribution in [1.29, 1.82) is 0 Å².